The van der Waals surface area contributed by atoms with Gasteiger partial charge in [-0.25, -0.2) is 4.98 Å². The minimum Gasteiger partial charge on any atom is -0.496 e. The third-order valence-electron chi connectivity index (χ3n) is 7.33. The maximum Gasteiger partial charge on any atom is 0.315 e. The van der Waals surface area contributed by atoms with E-state index < -0.39 is 10.5 Å². The fraction of sp³-hybridized carbons (Fsp3) is 0.121. The zero-order valence-electron chi connectivity index (χ0n) is 24.5. The quantitative estimate of drug-likeness (QED) is 0.108. The van der Waals surface area contributed by atoms with E-state index in [-0.39, 0.29) is 47.7 Å². The second-order valence-corrected chi connectivity index (χ2v) is 10.1. The van der Waals surface area contributed by atoms with Gasteiger partial charge in [-0.05, 0) is 54.1 Å². The van der Waals surface area contributed by atoms with E-state index in [4.69, 9.17) is 28.1 Å². The highest BCUT2D eigenvalue weighted by atomic mass is 16.7. The number of nitro benzene ring substituents is 1. The van der Waals surface area contributed by atoms with E-state index in [1.54, 1.807) is 73.8 Å². The van der Waals surface area contributed by atoms with Gasteiger partial charge in [-0.3, -0.25) is 14.9 Å². The Kier molecular flexibility index (Phi) is 7.17. The number of nitro groups is 1. The molecule has 0 N–H and O–H groups in total. The third kappa shape index (κ3) is 5.09. The van der Waals surface area contributed by atoms with Crippen molar-refractivity contribution in [3.05, 3.63) is 110 Å². The molecule has 0 radical (unpaired) electrons. The van der Waals surface area contributed by atoms with Gasteiger partial charge in [0.25, 0.3) is 5.56 Å². The summed E-state index contributed by atoms with van der Waals surface area (Å²) < 4.78 is 34.7. The molecular formula is C33H24N4O9. The summed E-state index contributed by atoms with van der Waals surface area (Å²) in [6.45, 7) is 0.128. The number of nitrogens with zero attached hydrogens (tertiary/aromatic N) is 4. The number of rotatable bonds is 9. The molecule has 0 saturated heterocycles. The first-order valence-corrected chi connectivity index (χ1v) is 13.9. The summed E-state index contributed by atoms with van der Waals surface area (Å²) in [6, 6.07) is 22.0. The van der Waals surface area contributed by atoms with Gasteiger partial charge in [-0.2, -0.15) is 9.78 Å². The molecule has 2 aromatic heterocycles. The number of fused-ring (bicyclic) bond motifs is 3. The van der Waals surface area contributed by atoms with Crippen LogP contribution in [0.5, 0.6) is 28.7 Å². The van der Waals surface area contributed by atoms with Gasteiger partial charge in [0.05, 0.1) is 41.6 Å². The lowest BCUT2D eigenvalue weighted by molar-refractivity contribution is -0.386. The van der Waals surface area contributed by atoms with Crippen LogP contribution in [-0.2, 0) is 6.61 Å². The molecule has 13 nitrogen and oxygen atoms in total. The Morgan fingerprint density at radius 1 is 0.957 bits per heavy atom. The SMILES string of the molecule is COc1cc(C=Nn2c(-c3cc4c(OC)cccc4o3)nc3ccccc3c2=O)cc([N+](=O)[O-])c1OCc1ccc2c(c1)OCO2. The topological polar surface area (TPSA) is 150 Å². The van der Waals surface area contributed by atoms with Crippen LogP contribution >= 0.6 is 0 Å². The summed E-state index contributed by atoms with van der Waals surface area (Å²) >= 11 is 0. The van der Waals surface area contributed by atoms with Gasteiger partial charge in [-0.15, -0.1) is 0 Å². The standard InChI is InChI=1S/C33H24N4O9/c1-41-25-8-5-9-26-22(25)15-30(46-26)32-35-23-7-4-3-6-21(23)33(38)36(32)34-16-20-12-24(37(39)40)31(29(14-20)42-2)43-17-19-10-11-27-28(13-19)45-18-44-27/h3-16H,17-18H2,1-2H3. The maximum atomic E-state index is 13.7. The van der Waals surface area contributed by atoms with Crippen LogP contribution in [0, 0.1) is 10.1 Å². The Balaban J connectivity index is 1.28. The highest BCUT2D eigenvalue weighted by Gasteiger charge is 2.24. The van der Waals surface area contributed by atoms with E-state index in [0.29, 0.717) is 44.7 Å². The van der Waals surface area contributed by atoms with Gasteiger partial charge < -0.3 is 28.1 Å². The molecule has 0 saturated carbocycles. The minimum atomic E-state index is -0.578. The number of hydrogen-bond donors (Lipinski definition) is 0. The summed E-state index contributed by atoms with van der Waals surface area (Å²) in [6.07, 6.45) is 1.31. The first kappa shape index (κ1) is 28.4. The largest absolute Gasteiger partial charge is 0.496 e. The van der Waals surface area contributed by atoms with Crippen LogP contribution < -0.4 is 29.2 Å². The molecule has 0 bridgehead atoms. The van der Waals surface area contributed by atoms with Crippen molar-refractivity contribution in [2.75, 3.05) is 21.0 Å². The first-order valence-electron chi connectivity index (χ1n) is 13.9. The Bertz CT molecular complexity index is 2240. The zero-order chi connectivity index (χ0) is 31.8. The second kappa shape index (κ2) is 11.6. The van der Waals surface area contributed by atoms with Crippen LogP contribution in [0.15, 0.2) is 93.2 Å². The smallest absolute Gasteiger partial charge is 0.315 e. The number of hydrogen-bond acceptors (Lipinski definition) is 11. The number of para-hydroxylation sites is 1. The molecule has 1 aliphatic heterocycles. The van der Waals surface area contributed by atoms with E-state index in [1.807, 2.05) is 0 Å². The molecule has 4 aromatic carbocycles. The van der Waals surface area contributed by atoms with Gasteiger partial charge in [0.15, 0.2) is 23.0 Å². The molecule has 1 aliphatic rings. The molecule has 3 heterocycles. The molecule has 0 spiro atoms. The van der Waals surface area contributed by atoms with E-state index in [0.717, 1.165) is 4.68 Å². The van der Waals surface area contributed by atoms with Crippen molar-refractivity contribution < 1.29 is 33.0 Å². The van der Waals surface area contributed by atoms with Crippen molar-refractivity contribution in [3.63, 3.8) is 0 Å². The highest BCUT2D eigenvalue weighted by Crippen LogP contribution is 2.39. The Labute approximate surface area is 259 Å². The van der Waals surface area contributed by atoms with Crippen molar-refractivity contribution >= 4 is 33.8 Å². The lowest BCUT2D eigenvalue weighted by Gasteiger charge is -2.12. The van der Waals surface area contributed by atoms with E-state index >= 15 is 0 Å². The average molecular weight is 621 g/mol. The molecule has 13 heteroatoms. The summed E-state index contributed by atoms with van der Waals surface area (Å²) in [7, 11) is 2.93. The van der Waals surface area contributed by atoms with Gasteiger partial charge in [-0.1, -0.05) is 24.3 Å². The van der Waals surface area contributed by atoms with Gasteiger partial charge >= 0.3 is 5.69 Å². The van der Waals surface area contributed by atoms with Crippen molar-refractivity contribution in [1.29, 1.82) is 0 Å². The van der Waals surface area contributed by atoms with E-state index in [2.05, 4.69) is 10.1 Å². The fourth-order valence-corrected chi connectivity index (χ4v) is 5.14. The third-order valence-corrected chi connectivity index (χ3v) is 7.33. The van der Waals surface area contributed by atoms with Crippen molar-refractivity contribution in [2.24, 2.45) is 5.10 Å². The zero-order valence-corrected chi connectivity index (χ0v) is 24.5. The lowest BCUT2D eigenvalue weighted by Crippen LogP contribution is -2.20. The molecule has 46 heavy (non-hydrogen) atoms. The lowest BCUT2D eigenvalue weighted by atomic mass is 10.1. The van der Waals surface area contributed by atoms with Crippen LogP contribution in [0.2, 0.25) is 0 Å². The van der Waals surface area contributed by atoms with Crippen LogP contribution in [0.25, 0.3) is 33.5 Å². The van der Waals surface area contributed by atoms with Crippen LogP contribution in [0.4, 0.5) is 5.69 Å². The number of aromatic nitrogens is 2. The van der Waals surface area contributed by atoms with E-state index in [9.17, 15) is 14.9 Å². The summed E-state index contributed by atoms with van der Waals surface area (Å²) in [5, 5.41) is 17.6. The molecule has 0 aliphatic carbocycles. The minimum absolute atomic E-state index is 0.00503. The van der Waals surface area contributed by atoms with Gasteiger partial charge in [0.2, 0.25) is 18.4 Å². The maximum absolute atomic E-state index is 13.7. The molecule has 0 fully saturated rings. The highest BCUT2D eigenvalue weighted by molar-refractivity contribution is 5.89. The predicted octanol–water partition coefficient (Wildman–Crippen LogP) is 5.93. The summed E-state index contributed by atoms with van der Waals surface area (Å²) in [5.41, 5.74) is 1.15. The number of methoxy groups -OCH3 is 2. The predicted molar refractivity (Wildman–Crippen MR) is 167 cm³/mol. The Morgan fingerprint density at radius 3 is 2.61 bits per heavy atom. The van der Waals surface area contributed by atoms with E-state index in [1.165, 1.54) is 25.5 Å². The number of ether oxygens (including phenoxy) is 5. The van der Waals surface area contributed by atoms with Crippen molar-refractivity contribution in [2.45, 2.75) is 6.61 Å². The Hall–Kier alpha value is -6.37. The number of benzene rings is 4. The molecular weight excluding hydrogens is 596 g/mol. The normalized spacial score (nSPS) is 12.2. The molecule has 6 aromatic rings. The first-order chi connectivity index (χ1) is 22.4. The number of furan rings is 1. The van der Waals surface area contributed by atoms with Crippen LogP contribution in [-0.4, -0.2) is 41.8 Å². The molecule has 0 amide bonds. The average Bonchev–Trinajstić information content (AvgIpc) is 3.73. The Morgan fingerprint density at radius 2 is 1.78 bits per heavy atom. The van der Waals surface area contributed by atoms with Crippen LogP contribution in [0.1, 0.15) is 11.1 Å². The van der Waals surface area contributed by atoms with Gasteiger partial charge in [0, 0.05) is 11.6 Å². The van der Waals surface area contributed by atoms with Gasteiger partial charge in [0.1, 0.15) is 17.9 Å². The molecule has 0 atom stereocenters. The monoisotopic (exact) mass is 620 g/mol. The second-order valence-electron chi connectivity index (χ2n) is 10.1. The molecule has 7 rings (SSSR count). The summed E-state index contributed by atoms with van der Waals surface area (Å²) in [4.78, 5) is 30.0. The van der Waals surface area contributed by atoms with Crippen molar-refractivity contribution in [1.82, 2.24) is 9.66 Å². The van der Waals surface area contributed by atoms with Crippen molar-refractivity contribution in [3.8, 4) is 40.3 Å². The molecule has 230 valence electrons. The fourth-order valence-electron chi connectivity index (χ4n) is 5.14. The summed E-state index contributed by atoms with van der Waals surface area (Å²) in [5.74, 6) is 2.20. The molecule has 0 unspecified atom stereocenters. The van der Waals surface area contributed by atoms with Crippen LogP contribution in [0.3, 0.4) is 0 Å².